The quantitative estimate of drug-likeness (QED) is 0.551. The van der Waals surface area contributed by atoms with Crippen molar-refractivity contribution in [1.29, 1.82) is 0 Å². The summed E-state index contributed by atoms with van der Waals surface area (Å²) in [5, 5.41) is 4.37. The van der Waals surface area contributed by atoms with Crippen LogP contribution >= 0.6 is 0 Å². The average molecular weight is 302 g/mol. The monoisotopic (exact) mass is 301 g/mol. The number of pyridine rings is 1. The maximum Gasteiger partial charge on any atom is 0.264 e. The zero-order chi connectivity index (χ0) is 11.7. The van der Waals surface area contributed by atoms with Crippen LogP contribution in [0.1, 0.15) is 5.82 Å². The second-order valence-electron chi connectivity index (χ2n) is 3.90. The molecule has 18 heavy (non-hydrogen) atoms. The van der Waals surface area contributed by atoms with E-state index in [1.807, 2.05) is 54.0 Å². The second-order valence-corrected chi connectivity index (χ2v) is 3.90. The minimum atomic E-state index is 0. The number of aromatic nitrogens is 3. The van der Waals surface area contributed by atoms with Crippen LogP contribution < -0.4 is 21.5 Å². The van der Waals surface area contributed by atoms with E-state index in [1.54, 1.807) is 0 Å². The molecule has 0 N–H and O–H groups in total. The summed E-state index contributed by atoms with van der Waals surface area (Å²) in [6, 6.07) is 16.2. The average Bonchev–Trinajstić information content (AvgIpc) is 2.39. The van der Waals surface area contributed by atoms with Crippen LogP contribution in [0.2, 0.25) is 0 Å². The van der Waals surface area contributed by atoms with Gasteiger partial charge in [0.05, 0.1) is 0 Å². The van der Waals surface area contributed by atoms with Crippen molar-refractivity contribution >= 4 is 5.52 Å². The molecule has 4 heteroatoms. The first-order valence-electron chi connectivity index (χ1n) is 5.55. The van der Waals surface area contributed by atoms with E-state index in [0.29, 0.717) is 0 Å². The Hall–Kier alpha value is -1.81. The Kier molecular flexibility index (Phi) is 3.67. The van der Waals surface area contributed by atoms with Crippen molar-refractivity contribution in [2.75, 3.05) is 0 Å². The molecular formula is C14H12BrN3. The molecule has 0 atom stereocenters. The lowest BCUT2D eigenvalue weighted by Gasteiger charge is -2.00. The van der Waals surface area contributed by atoms with Crippen molar-refractivity contribution in [3.63, 3.8) is 0 Å². The van der Waals surface area contributed by atoms with Crippen LogP contribution in [-0.4, -0.2) is 10.1 Å². The van der Waals surface area contributed by atoms with Gasteiger partial charge in [0.1, 0.15) is 5.69 Å². The molecule has 0 aliphatic rings. The summed E-state index contributed by atoms with van der Waals surface area (Å²) in [6.45, 7) is 1.91. The van der Waals surface area contributed by atoms with E-state index in [0.717, 1.165) is 22.6 Å². The fourth-order valence-corrected chi connectivity index (χ4v) is 1.92. The molecule has 0 aliphatic heterocycles. The third kappa shape index (κ3) is 2.24. The van der Waals surface area contributed by atoms with E-state index in [4.69, 9.17) is 0 Å². The largest absolute Gasteiger partial charge is 1.00 e. The Morgan fingerprint density at radius 2 is 1.67 bits per heavy atom. The molecule has 3 nitrogen and oxygen atoms in total. The van der Waals surface area contributed by atoms with Crippen molar-refractivity contribution in [1.82, 2.24) is 10.1 Å². The van der Waals surface area contributed by atoms with Gasteiger partial charge < -0.3 is 17.0 Å². The van der Waals surface area contributed by atoms with Crippen LogP contribution in [0.3, 0.4) is 0 Å². The Labute approximate surface area is 116 Å². The van der Waals surface area contributed by atoms with Crippen LogP contribution in [-0.2, 0) is 0 Å². The fraction of sp³-hybridized carbons (Fsp3) is 0.0714. The first-order chi connectivity index (χ1) is 8.34. The van der Waals surface area contributed by atoms with Crippen molar-refractivity contribution in [2.45, 2.75) is 6.92 Å². The van der Waals surface area contributed by atoms with E-state index in [1.165, 1.54) is 0 Å². The minimum Gasteiger partial charge on any atom is -1.00 e. The summed E-state index contributed by atoms with van der Waals surface area (Å²) in [4.78, 5) is 4.54. The van der Waals surface area contributed by atoms with Crippen LogP contribution in [0.5, 0.6) is 0 Å². The molecule has 90 valence electrons. The molecule has 0 aliphatic carbocycles. The smallest absolute Gasteiger partial charge is 0.264 e. The molecule has 3 aromatic rings. The number of hydrogen-bond donors (Lipinski definition) is 0. The number of hydrogen-bond acceptors (Lipinski definition) is 2. The Balaban J connectivity index is 0.00000120. The maximum absolute atomic E-state index is 4.54. The number of halogens is 1. The predicted octanol–water partition coefficient (Wildman–Crippen LogP) is -0.805. The van der Waals surface area contributed by atoms with E-state index >= 15 is 0 Å². The second kappa shape index (κ2) is 5.23. The molecule has 0 amide bonds. The Morgan fingerprint density at radius 1 is 0.944 bits per heavy atom. The highest BCUT2D eigenvalue weighted by Crippen LogP contribution is 2.19. The van der Waals surface area contributed by atoms with Gasteiger partial charge in [0, 0.05) is 29.7 Å². The first-order valence-corrected chi connectivity index (χ1v) is 5.55. The van der Waals surface area contributed by atoms with Crippen LogP contribution in [0.15, 0.2) is 54.7 Å². The lowest BCUT2D eigenvalue weighted by atomic mass is 10.1. The molecule has 0 unspecified atom stereocenters. The number of nitrogens with zero attached hydrogens (tertiary/aromatic N) is 3. The number of aryl methyl sites for hydroxylation is 1. The third-order valence-electron chi connectivity index (χ3n) is 2.66. The molecule has 3 rings (SSSR count). The summed E-state index contributed by atoms with van der Waals surface area (Å²) >= 11 is 0. The number of fused-ring (bicyclic) bond motifs is 1. The molecule has 0 bridgehead atoms. The van der Waals surface area contributed by atoms with Gasteiger partial charge in [-0.3, -0.25) is 0 Å². The predicted molar refractivity (Wildman–Crippen MR) is 65.4 cm³/mol. The molecule has 2 heterocycles. The van der Waals surface area contributed by atoms with Gasteiger partial charge in [-0.15, -0.1) is 0 Å². The Bertz CT molecular complexity index is 668. The highest BCUT2D eigenvalue weighted by atomic mass is 79.9. The molecule has 0 fully saturated rings. The van der Waals surface area contributed by atoms with Gasteiger partial charge >= 0.3 is 0 Å². The summed E-state index contributed by atoms with van der Waals surface area (Å²) in [5.74, 6) is 0.771. The van der Waals surface area contributed by atoms with Gasteiger partial charge in [0.15, 0.2) is 5.82 Å². The zero-order valence-electron chi connectivity index (χ0n) is 9.92. The molecule has 1 aromatic carbocycles. The summed E-state index contributed by atoms with van der Waals surface area (Å²) in [6.07, 6.45) is 1.94. The lowest BCUT2D eigenvalue weighted by molar-refractivity contribution is -0.582. The minimum absolute atomic E-state index is 0. The highest BCUT2D eigenvalue weighted by molar-refractivity contribution is 5.73. The molecule has 0 saturated heterocycles. The van der Waals surface area contributed by atoms with E-state index in [2.05, 4.69) is 22.2 Å². The van der Waals surface area contributed by atoms with Gasteiger partial charge in [-0.2, -0.15) is 0 Å². The Morgan fingerprint density at radius 3 is 2.44 bits per heavy atom. The number of rotatable bonds is 1. The molecule has 0 spiro atoms. The molecule has 2 aromatic heterocycles. The maximum atomic E-state index is 4.54. The van der Waals surface area contributed by atoms with Gasteiger partial charge in [-0.05, 0) is 10.6 Å². The zero-order valence-corrected chi connectivity index (χ0v) is 11.5. The molecular weight excluding hydrogens is 290 g/mol. The van der Waals surface area contributed by atoms with Crippen molar-refractivity contribution in [3.05, 3.63) is 60.6 Å². The SMILES string of the molecule is Cc1nc(-c2ccccc2)c2cccc[n+]2n1.[Br-]. The topological polar surface area (TPSA) is 29.9 Å². The van der Waals surface area contributed by atoms with Gasteiger partial charge in [0.25, 0.3) is 5.52 Å². The van der Waals surface area contributed by atoms with Crippen molar-refractivity contribution < 1.29 is 21.5 Å². The van der Waals surface area contributed by atoms with Crippen LogP contribution in [0.25, 0.3) is 16.8 Å². The third-order valence-corrected chi connectivity index (χ3v) is 2.66. The summed E-state index contributed by atoms with van der Waals surface area (Å²) in [5.41, 5.74) is 3.10. The van der Waals surface area contributed by atoms with Gasteiger partial charge in [0.2, 0.25) is 6.20 Å². The van der Waals surface area contributed by atoms with Gasteiger partial charge in [-0.1, -0.05) is 30.3 Å². The first kappa shape index (κ1) is 12.6. The van der Waals surface area contributed by atoms with Gasteiger partial charge in [-0.25, -0.2) is 4.98 Å². The van der Waals surface area contributed by atoms with Crippen molar-refractivity contribution in [3.8, 4) is 11.3 Å². The normalized spacial score (nSPS) is 10.1. The van der Waals surface area contributed by atoms with Crippen LogP contribution in [0.4, 0.5) is 0 Å². The van der Waals surface area contributed by atoms with Crippen molar-refractivity contribution in [2.24, 2.45) is 0 Å². The standard InChI is InChI=1S/C14H12N3.BrH/c1-11-15-14(12-7-3-2-4-8-12)13-9-5-6-10-17(13)16-11;/h2-10H,1H3;1H/q+1;/p-1. The molecule has 0 saturated carbocycles. The van der Waals surface area contributed by atoms with E-state index in [-0.39, 0.29) is 17.0 Å². The van der Waals surface area contributed by atoms with Crippen LogP contribution in [0, 0.1) is 6.92 Å². The summed E-state index contributed by atoms with van der Waals surface area (Å²) in [7, 11) is 0. The fourth-order valence-electron chi connectivity index (χ4n) is 1.92. The van der Waals surface area contributed by atoms with E-state index in [9.17, 15) is 0 Å². The lowest BCUT2D eigenvalue weighted by Crippen LogP contribution is -3.00. The highest BCUT2D eigenvalue weighted by Gasteiger charge is 2.13. The summed E-state index contributed by atoms with van der Waals surface area (Å²) < 4.78 is 1.87. The molecule has 0 radical (unpaired) electrons. The number of benzene rings is 1. The van der Waals surface area contributed by atoms with E-state index < -0.39 is 0 Å².